The summed E-state index contributed by atoms with van der Waals surface area (Å²) in [6.45, 7) is 0.155. The molecular formula is C18H14BrIN2O3. The van der Waals surface area contributed by atoms with E-state index in [0.717, 1.165) is 9.13 Å². The Bertz CT molecular complexity index is 847. The number of amides is 1. The van der Waals surface area contributed by atoms with Crippen molar-refractivity contribution < 1.29 is 14.3 Å². The van der Waals surface area contributed by atoms with Crippen LogP contribution in [0.2, 0.25) is 0 Å². The Morgan fingerprint density at radius 2 is 2.20 bits per heavy atom. The molecule has 5 nitrogen and oxygen atoms in total. The second-order valence-corrected chi connectivity index (χ2v) is 6.72. The molecule has 1 amide bonds. The summed E-state index contributed by atoms with van der Waals surface area (Å²) in [5, 5.41) is 3.99. The van der Waals surface area contributed by atoms with Gasteiger partial charge in [0.25, 0.3) is 5.91 Å². The van der Waals surface area contributed by atoms with Crippen molar-refractivity contribution in [2.75, 3.05) is 13.7 Å². The number of nitrogens with one attached hydrogen (secondary N) is 1. The molecule has 0 fully saturated rings. The third-order valence-electron chi connectivity index (χ3n) is 3.05. The summed E-state index contributed by atoms with van der Waals surface area (Å²) in [5.41, 5.74) is 3.75. The van der Waals surface area contributed by atoms with Crippen molar-refractivity contribution in [1.29, 1.82) is 0 Å². The van der Waals surface area contributed by atoms with Gasteiger partial charge in [-0.25, -0.2) is 5.43 Å². The van der Waals surface area contributed by atoms with Crippen molar-refractivity contribution in [3.8, 4) is 23.8 Å². The molecule has 2 aromatic carbocycles. The summed E-state index contributed by atoms with van der Waals surface area (Å²) < 4.78 is 12.3. The van der Waals surface area contributed by atoms with Gasteiger partial charge in [0.05, 0.1) is 22.5 Å². The van der Waals surface area contributed by atoms with E-state index < -0.39 is 0 Å². The van der Waals surface area contributed by atoms with Crippen LogP contribution in [0.4, 0.5) is 0 Å². The van der Waals surface area contributed by atoms with Gasteiger partial charge >= 0.3 is 0 Å². The van der Waals surface area contributed by atoms with Gasteiger partial charge in [-0.1, -0.05) is 18.1 Å². The van der Waals surface area contributed by atoms with E-state index in [-0.39, 0.29) is 12.5 Å². The van der Waals surface area contributed by atoms with E-state index in [0.29, 0.717) is 21.5 Å². The van der Waals surface area contributed by atoms with Crippen molar-refractivity contribution >= 4 is 50.6 Å². The molecule has 0 atom stereocenters. The molecule has 7 heteroatoms. The van der Waals surface area contributed by atoms with Gasteiger partial charge in [0.1, 0.15) is 6.61 Å². The van der Waals surface area contributed by atoms with Crippen LogP contribution in [-0.2, 0) is 0 Å². The zero-order chi connectivity index (χ0) is 18.2. The monoisotopic (exact) mass is 512 g/mol. The molecule has 0 spiro atoms. The van der Waals surface area contributed by atoms with Crippen LogP contribution in [0.15, 0.2) is 46.0 Å². The minimum absolute atomic E-state index is 0.155. The highest BCUT2D eigenvalue weighted by atomic mass is 127. The highest BCUT2D eigenvalue weighted by molar-refractivity contribution is 14.1. The van der Waals surface area contributed by atoms with Crippen molar-refractivity contribution in [3.63, 3.8) is 0 Å². The molecule has 25 heavy (non-hydrogen) atoms. The number of nitrogens with zero attached hydrogens (tertiary/aromatic N) is 1. The number of rotatable bonds is 6. The third kappa shape index (κ3) is 5.21. The Kier molecular flexibility index (Phi) is 7.28. The fraction of sp³-hybridized carbons (Fsp3) is 0.111. The Hall–Kier alpha value is -2.05. The highest BCUT2D eigenvalue weighted by Crippen LogP contribution is 2.33. The maximum Gasteiger partial charge on any atom is 0.272 e. The molecule has 0 aliphatic carbocycles. The van der Waals surface area contributed by atoms with Crippen LogP contribution in [0.1, 0.15) is 15.9 Å². The van der Waals surface area contributed by atoms with E-state index in [2.05, 4.69) is 55.0 Å². The molecule has 0 unspecified atom stereocenters. The quantitative estimate of drug-likeness (QED) is 0.277. The lowest BCUT2D eigenvalue weighted by molar-refractivity contribution is 0.0954. The van der Waals surface area contributed by atoms with Crippen LogP contribution in [0.3, 0.4) is 0 Å². The minimum Gasteiger partial charge on any atom is -0.493 e. The van der Waals surface area contributed by atoms with Crippen LogP contribution in [0.25, 0.3) is 0 Å². The van der Waals surface area contributed by atoms with Crippen molar-refractivity contribution in [3.05, 3.63) is 55.6 Å². The first-order valence-electron chi connectivity index (χ1n) is 7.08. The third-order valence-corrected chi connectivity index (χ3v) is 4.54. The predicted molar refractivity (Wildman–Crippen MR) is 109 cm³/mol. The lowest BCUT2D eigenvalue weighted by Gasteiger charge is -2.11. The molecule has 0 heterocycles. The number of hydrogen-bond donors (Lipinski definition) is 1. The predicted octanol–water partition coefficient (Wildman–Crippen LogP) is 3.84. The molecule has 1 N–H and O–H groups in total. The maximum atomic E-state index is 12.1. The normalized spacial score (nSPS) is 10.3. The second kappa shape index (κ2) is 9.44. The molecule has 128 valence electrons. The second-order valence-electron chi connectivity index (χ2n) is 4.71. The van der Waals surface area contributed by atoms with Gasteiger partial charge in [-0.3, -0.25) is 4.79 Å². The Balaban J connectivity index is 2.13. The first kappa shape index (κ1) is 19.3. The number of carbonyl (C=O) groups excluding carboxylic acids is 1. The summed E-state index contributed by atoms with van der Waals surface area (Å²) in [6, 6.07) is 10.7. The lowest BCUT2D eigenvalue weighted by Crippen LogP contribution is -2.18. The van der Waals surface area contributed by atoms with E-state index in [1.54, 1.807) is 31.4 Å². The van der Waals surface area contributed by atoms with Crippen LogP contribution < -0.4 is 14.9 Å². The molecule has 0 radical (unpaired) electrons. The topological polar surface area (TPSA) is 59.9 Å². The van der Waals surface area contributed by atoms with Crippen molar-refractivity contribution in [2.45, 2.75) is 0 Å². The SMILES string of the molecule is C#CCOc1c(I)cc(/C=N\NC(=O)c2ccccc2Br)cc1OC. The molecule has 0 aromatic heterocycles. The molecule has 0 aliphatic rings. The van der Waals surface area contributed by atoms with Crippen LogP contribution in [0, 0.1) is 15.9 Å². The summed E-state index contributed by atoms with van der Waals surface area (Å²) in [7, 11) is 1.55. The van der Waals surface area contributed by atoms with E-state index in [1.165, 1.54) is 6.21 Å². The van der Waals surface area contributed by atoms with Gasteiger partial charge in [0.15, 0.2) is 11.5 Å². The fourth-order valence-corrected chi connectivity index (χ4v) is 3.19. The molecule has 0 bridgehead atoms. The molecule has 0 aliphatic heterocycles. The summed E-state index contributed by atoms with van der Waals surface area (Å²) in [6.07, 6.45) is 6.75. The first-order chi connectivity index (χ1) is 12.1. The molecule has 2 rings (SSSR count). The molecule has 0 saturated heterocycles. The first-order valence-corrected chi connectivity index (χ1v) is 8.95. The number of hydrazone groups is 1. The summed E-state index contributed by atoms with van der Waals surface area (Å²) >= 11 is 5.46. The van der Waals surface area contributed by atoms with Gasteiger partial charge in [-0.05, 0) is 68.3 Å². The van der Waals surface area contributed by atoms with Gasteiger partial charge < -0.3 is 9.47 Å². The highest BCUT2D eigenvalue weighted by Gasteiger charge is 2.11. The van der Waals surface area contributed by atoms with E-state index in [1.807, 2.05) is 12.1 Å². The number of halogens is 2. The van der Waals surface area contributed by atoms with Crippen molar-refractivity contribution in [2.24, 2.45) is 5.10 Å². The Morgan fingerprint density at radius 1 is 1.44 bits per heavy atom. The van der Waals surface area contributed by atoms with Crippen molar-refractivity contribution in [1.82, 2.24) is 5.43 Å². The van der Waals surface area contributed by atoms with Gasteiger partial charge in [0, 0.05) is 4.47 Å². The number of terminal acetylenes is 1. The van der Waals surface area contributed by atoms with Crippen LogP contribution in [0.5, 0.6) is 11.5 Å². The average Bonchev–Trinajstić information content (AvgIpc) is 2.60. The molecule has 2 aromatic rings. The number of benzene rings is 2. The summed E-state index contributed by atoms with van der Waals surface area (Å²) in [5.74, 6) is 3.23. The zero-order valence-electron chi connectivity index (χ0n) is 13.3. The maximum absolute atomic E-state index is 12.1. The average molecular weight is 513 g/mol. The molecule has 0 saturated carbocycles. The fourth-order valence-electron chi connectivity index (χ4n) is 1.94. The van der Waals surface area contributed by atoms with E-state index >= 15 is 0 Å². The van der Waals surface area contributed by atoms with Gasteiger partial charge in [0.2, 0.25) is 0 Å². The number of carbonyl (C=O) groups is 1. The van der Waals surface area contributed by atoms with Crippen LogP contribution >= 0.6 is 38.5 Å². The van der Waals surface area contributed by atoms with E-state index in [4.69, 9.17) is 15.9 Å². The minimum atomic E-state index is -0.306. The number of methoxy groups -OCH3 is 1. The largest absolute Gasteiger partial charge is 0.493 e. The zero-order valence-corrected chi connectivity index (χ0v) is 17.0. The lowest BCUT2D eigenvalue weighted by atomic mass is 10.2. The smallest absolute Gasteiger partial charge is 0.272 e. The van der Waals surface area contributed by atoms with Gasteiger partial charge in [-0.2, -0.15) is 5.10 Å². The standard InChI is InChI=1S/C18H14BrIN2O3/c1-3-8-25-17-15(20)9-12(10-16(17)24-2)11-21-22-18(23)13-6-4-5-7-14(13)19/h1,4-7,9-11H,8H2,2H3,(H,22,23)/b21-11-. The van der Waals surface area contributed by atoms with E-state index in [9.17, 15) is 4.79 Å². The van der Waals surface area contributed by atoms with Crippen LogP contribution in [-0.4, -0.2) is 25.8 Å². The number of ether oxygens (including phenoxy) is 2. The number of hydrogen-bond acceptors (Lipinski definition) is 4. The summed E-state index contributed by atoms with van der Waals surface area (Å²) in [4.78, 5) is 12.1. The Labute approximate surface area is 168 Å². The molecular weight excluding hydrogens is 499 g/mol. The Morgan fingerprint density at radius 3 is 2.88 bits per heavy atom. The van der Waals surface area contributed by atoms with Gasteiger partial charge in [-0.15, -0.1) is 6.42 Å².